The van der Waals surface area contributed by atoms with E-state index in [0.29, 0.717) is 4.57 Å². The topological polar surface area (TPSA) is 54.9 Å². The van der Waals surface area contributed by atoms with Crippen LogP contribution in [0.2, 0.25) is 15.2 Å². The third kappa shape index (κ3) is 2.29. The first kappa shape index (κ1) is 13.1. The molecule has 0 unspecified atom stereocenters. The minimum absolute atomic E-state index is 0.0948. The summed E-state index contributed by atoms with van der Waals surface area (Å²) in [4.78, 5) is 25.6. The lowest BCUT2D eigenvalue weighted by Gasteiger charge is -2.08. The lowest BCUT2D eigenvalue weighted by atomic mass is 10.3. The van der Waals surface area contributed by atoms with Crippen LogP contribution in [0.15, 0.2) is 27.8 Å². The van der Waals surface area contributed by atoms with Crippen LogP contribution in [-0.4, -0.2) is 9.55 Å². The first-order valence-corrected chi connectivity index (χ1v) is 5.70. The molecule has 1 N–H and O–H groups in total. The molecule has 1 aromatic carbocycles. The van der Waals surface area contributed by atoms with Crippen molar-refractivity contribution in [3.8, 4) is 5.69 Å². The molecule has 0 amide bonds. The van der Waals surface area contributed by atoms with Crippen LogP contribution in [0.5, 0.6) is 0 Å². The maximum Gasteiger partial charge on any atom is 0.334 e. The van der Waals surface area contributed by atoms with Crippen LogP contribution in [0.3, 0.4) is 0 Å². The summed E-state index contributed by atoms with van der Waals surface area (Å²) in [6, 6.07) is 2.88. The second-order valence-corrected chi connectivity index (χ2v) is 4.54. The molecule has 94 valence electrons. The standard InChI is InChI=1S/C10H4Cl3FN2O2/c11-5-1-4(14)2-6(12)9(5)16-8(17)3-7(13)15-10(16)18/h1-3H,(H,15,18). The van der Waals surface area contributed by atoms with Crippen molar-refractivity contribution >= 4 is 34.8 Å². The summed E-state index contributed by atoms with van der Waals surface area (Å²) in [5.41, 5.74) is -1.63. The Kier molecular flexibility index (Phi) is 3.47. The molecule has 0 saturated heterocycles. The molecule has 0 radical (unpaired) electrons. The molecule has 1 heterocycles. The maximum absolute atomic E-state index is 13.0. The van der Waals surface area contributed by atoms with E-state index in [1.807, 2.05) is 0 Å². The summed E-state index contributed by atoms with van der Waals surface area (Å²) >= 11 is 17.1. The van der Waals surface area contributed by atoms with Gasteiger partial charge >= 0.3 is 5.69 Å². The third-order valence-corrected chi connectivity index (χ3v) is 2.89. The average molecular weight is 310 g/mol. The van der Waals surface area contributed by atoms with Crippen molar-refractivity contribution in [1.82, 2.24) is 9.55 Å². The predicted molar refractivity (Wildman–Crippen MR) is 67.6 cm³/mol. The van der Waals surface area contributed by atoms with Gasteiger partial charge < -0.3 is 0 Å². The number of hydrogen-bond donors (Lipinski definition) is 1. The number of aromatic nitrogens is 2. The van der Waals surface area contributed by atoms with E-state index in [2.05, 4.69) is 4.98 Å². The summed E-state index contributed by atoms with van der Waals surface area (Å²) in [5, 5.41) is -0.430. The molecule has 0 bridgehead atoms. The second-order valence-electron chi connectivity index (χ2n) is 3.31. The van der Waals surface area contributed by atoms with Gasteiger partial charge in [0.1, 0.15) is 11.0 Å². The minimum Gasteiger partial charge on any atom is -0.297 e. The van der Waals surface area contributed by atoms with Crippen molar-refractivity contribution < 1.29 is 4.39 Å². The summed E-state index contributed by atoms with van der Waals surface area (Å²) < 4.78 is 13.7. The lowest BCUT2D eigenvalue weighted by molar-refractivity contribution is 0.627. The molecule has 4 nitrogen and oxygen atoms in total. The van der Waals surface area contributed by atoms with Gasteiger partial charge in [-0.1, -0.05) is 34.8 Å². The van der Waals surface area contributed by atoms with Crippen molar-refractivity contribution in [3.05, 3.63) is 60.1 Å². The van der Waals surface area contributed by atoms with Crippen LogP contribution >= 0.6 is 34.8 Å². The number of nitrogens with zero attached hydrogens (tertiary/aromatic N) is 1. The van der Waals surface area contributed by atoms with E-state index >= 15 is 0 Å². The van der Waals surface area contributed by atoms with Gasteiger partial charge in [0.05, 0.1) is 15.7 Å². The molecule has 0 aliphatic heterocycles. The Morgan fingerprint density at radius 1 is 1.06 bits per heavy atom. The Morgan fingerprint density at radius 3 is 2.11 bits per heavy atom. The van der Waals surface area contributed by atoms with Gasteiger partial charge in [-0.15, -0.1) is 0 Å². The van der Waals surface area contributed by atoms with E-state index in [1.54, 1.807) is 0 Å². The van der Waals surface area contributed by atoms with Crippen LogP contribution in [0.25, 0.3) is 5.69 Å². The highest BCUT2D eigenvalue weighted by atomic mass is 35.5. The van der Waals surface area contributed by atoms with E-state index in [4.69, 9.17) is 34.8 Å². The van der Waals surface area contributed by atoms with E-state index in [-0.39, 0.29) is 20.9 Å². The zero-order valence-corrected chi connectivity index (χ0v) is 10.8. The molecule has 1 aromatic heterocycles. The zero-order valence-electron chi connectivity index (χ0n) is 8.51. The SMILES string of the molecule is O=c1cc(Cl)[nH]c(=O)n1-c1c(Cl)cc(F)cc1Cl. The number of benzene rings is 1. The van der Waals surface area contributed by atoms with Gasteiger partial charge in [0.15, 0.2) is 0 Å². The average Bonchev–Trinajstić information content (AvgIpc) is 2.20. The highest BCUT2D eigenvalue weighted by molar-refractivity contribution is 6.37. The molecule has 18 heavy (non-hydrogen) atoms. The van der Waals surface area contributed by atoms with Gasteiger partial charge in [-0.3, -0.25) is 9.78 Å². The Morgan fingerprint density at radius 2 is 1.61 bits per heavy atom. The van der Waals surface area contributed by atoms with E-state index < -0.39 is 17.1 Å². The number of hydrogen-bond acceptors (Lipinski definition) is 2. The molecule has 8 heteroatoms. The highest BCUT2D eigenvalue weighted by Crippen LogP contribution is 2.27. The summed E-state index contributed by atoms with van der Waals surface area (Å²) in [7, 11) is 0. The van der Waals surface area contributed by atoms with Gasteiger partial charge in [0.25, 0.3) is 5.56 Å². The van der Waals surface area contributed by atoms with E-state index in [1.165, 1.54) is 0 Å². The van der Waals surface area contributed by atoms with Crippen LogP contribution in [0.1, 0.15) is 0 Å². The fraction of sp³-hybridized carbons (Fsp3) is 0. The Hall–Kier alpha value is -1.30. The zero-order chi connectivity index (χ0) is 13.4. The van der Waals surface area contributed by atoms with Crippen LogP contribution < -0.4 is 11.2 Å². The van der Waals surface area contributed by atoms with Crippen LogP contribution in [0.4, 0.5) is 4.39 Å². The number of nitrogens with one attached hydrogen (secondary N) is 1. The molecule has 2 aromatic rings. The molecule has 2 rings (SSSR count). The van der Waals surface area contributed by atoms with E-state index in [9.17, 15) is 14.0 Å². The van der Waals surface area contributed by atoms with Crippen LogP contribution in [-0.2, 0) is 0 Å². The number of halogens is 4. The molecule has 0 spiro atoms. The van der Waals surface area contributed by atoms with Crippen molar-refractivity contribution in [2.45, 2.75) is 0 Å². The van der Waals surface area contributed by atoms with Gasteiger partial charge in [-0.25, -0.2) is 13.8 Å². The first-order valence-electron chi connectivity index (χ1n) is 4.57. The van der Waals surface area contributed by atoms with E-state index in [0.717, 1.165) is 18.2 Å². The second kappa shape index (κ2) is 4.76. The van der Waals surface area contributed by atoms with Crippen molar-refractivity contribution in [3.63, 3.8) is 0 Å². The number of H-pyrrole nitrogens is 1. The fourth-order valence-electron chi connectivity index (χ4n) is 1.43. The van der Waals surface area contributed by atoms with Crippen molar-refractivity contribution in [2.24, 2.45) is 0 Å². The lowest BCUT2D eigenvalue weighted by Crippen LogP contribution is -2.33. The monoisotopic (exact) mass is 308 g/mol. The van der Waals surface area contributed by atoms with Crippen LogP contribution in [0, 0.1) is 5.82 Å². The quantitative estimate of drug-likeness (QED) is 0.823. The van der Waals surface area contributed by atoms with Crippen molar-refractivity contribution in [1.29, 1.82) is 0 Å². The molecular weight excluding hydrogens is 305 g/mol. The highest BCUT2D eigenvalue weighted by Gasteiger charge is 2.15. The normalized spacial score (nSPS) is 10.7. The summed E-state index contributed by atoms with van der Waals surface area (Å²) in [5.74, 6) is -0.674. The molecule has 0 aliphatic rings. The largest absolute Gasteiger partial charge is 0.334 e. The van der Waals surface area contributed by atoms with Gasteiger partial charge in [0.2, 0.25) is 0 Å². The number of rotatable bonds is 1. The van der Waals surface area contributed by atoms with Crippen molar-refractivity contribution in [2.75, 3.05) is 0 Å². The predicted octanol–water partition coefficient (Wildman–Crippen LogP) is 2.63. The fourth-order valence-corrected chi connectivity index (χ4v) is 2.23. The number of aromatic amines is 1. The van der Waals surface area contributed by atoms with Gasteiger partial charge in [-0.05, 0) is 12.1 Å². The molecular formula is C10H4Cl3FN2O2. The summed E-state index contributed by atoms with van der Waals surface area (Å²) in [6.45, 7) is 0. The Bertz CT molecular complexity index is 684. The van der Waals surface area contributed by atoms with Gasteiger partial charge in [-0.2, -0.15) is 0 Å². The Labute approximate surface area is 115 Å². The molecule has 0 atom stereocenters. The van der Waals surface area contributed by atoms with Gasteiger partial charge in [0, 0.05) is 6.07 Å². The first-order chi connectivity index (χ1) is 8.40. The molecule has 0 fully saturated rings. The summed E-state index contributed by atoms with van der Waals surface area (Å²) in [6.07, 6.45) is 0. The third-order valence-electron chi connectivity index (χ3n) is 2.11. The minimum atomic E-state index is -0.817. The smallest absolute Gasteiger partial charge is 0.297 e. The molecule has 0 saturated carbocycles. The Balaban J connectivity index is 2.87. The molecule has 0 aliphatic carbocycles. The maximum atomic E-state index is 13.0.